The molecule has 6 heteroatoms. The highest BCUT2D eigenvalue weighted by Crippen LogP contribution is 2.50. The maximum Gasteiger partial charge on any atom is 0.338 e. The van der Waals surface area contributed by atoms with Gasteiger partial charge < -0.3 is 15.7 Å². The lowest BCUT2D eigenvalue weighted by molar-refractivity contribution is 0.0692. The first-order valence-electron chi connectivity index (χ1n) is 11.8. The molecule has 0 saturated heterocycles. The van der Waals surface area contributed by atoms with E-state index in [0.29, 0.717) is 22.6 Å². The Kier molecular flexibility index (Phi) is 5.06. The highest BCUT2D eigenvalue weighted by molar-refractivity contribution is 6.19. The molecular formula is C29H30FN3O2. The largest absolute Gasteiger partial charge is 0.478 e. The van der Waals surface area contributed by atoms with Gasteiger partial charge in [-0.15, -0.1) is 0 Å². The van der Waals surface area contributed by atoms with Gasteiger partial charge in [0.1, 0.15) is 5.82 Å². The molecule has 35 heavy (non-hydrogen) atoms. The average Bonchev–Trinajstić information content (AvgIpc) is 2.90. The second-order valence-corrected chi connectivity index (χ2v) is 11.0. The Morgan fingerprint density at radius 3 is 2.26 bits per heavy atom. The minimum atomic E-state index is -1.30. The third kappa shape index (κ3) is 3.68. The van der Waals surface area contributed by atoms with Crippen molar-refractivity contribution in [1.29, 1.82) is 0 Å². The van der Waals surface area contributed by atoms with E-state index in [-0.39, 0.29) is 16.4 Å². The smallest absolute Gasteiger partial charge is 0.338 e. The quantitative estimate of drug-likeness (QED) is 0.407. The number of carboxylic acids is 1. The van der Waals surface area contributed by atoms with Crippen LogP contribution in [0.25, 0.3) is 0 Å². The van der Waals surface area contributed by atoms with Crippen molar-refractivity contribution in [2.45, 2.75) is 51.4 Å². The van der Waals surface area contributed by atoms with Gasteiger partial charge in [0.05, 0.1) is 28.3 Å². The SMILES string of the molecule is CN1c2ccc(N)cc2N=C(c2ccc(C(=O)O)c(F)c2)c2cc3c(cc21)C(C)(C)CCC3(C)C. The summed E-state index contributed by atoms with van der Waals surface area (Å²) in [4.78, 5) is 18.5. The molecule has 0 bridgehead atoms. The number of hydrogen-bond acceptors (Lipinski definition) is 4. The molecule has 5 rings (SSSR count). The van der Waals surface area contributed by atoms with Crippen molar-refractivity contribution in [3.8, 4) is 0 Å². The Morgan fingerprint density at radius 1 is 0.971 bits per heavy atom. The normalized spacial score (nSPS) is 17.5. The van der Waals surface area contributed by atoms with Crippen molar-refractivity contribution < 1.29 is 14.3 Å². The molecule has 0 unspecified atom stereocenters. The van der Waals surface area contributed by atoms with E-state index in [9.17, 15) is 14.3 Å². The van der Waals surface area contributed by atoms with Gasteiger partial charge >= 0.3 is 5.97 Å². The van der Waals surface area contributed by atoms with E-state index in [4.69, 9.17) is 10.7 Å². The summed E-state index contributed by atoms with van der Waals surface area (Å²) < 4.78 is 14.8. The van der Waals surface area contributed by atoms with Gasteiger partial charge in [-0.3, -0.25) is 0 Å². The van der Waals surface area contributed by atoms with Gasteiger partial charge in [0.25, 0.3) is 0 Å². The number of hydrogen-bond donors (Lipinski definition) is 2. The van der Waals surface area contributed by atoms with Crippen LogP contribution in [0.5, 0.6) is 0 Å². The summed E-state index contributed by atoms with van der Waals surface area (Å²) in [7, 11) is 2.01. The number of fused-ring (bicyclic) bond motifs is 3. The lowest BCUT2D eigenvalue weighted by atomic mass is 9.62. The maximum atomic E-state index is 14.8. The van der Waals surface area contributed by atoms with Crippen LogP contribution in [-0.2, 0) is 10.8 Å². The Hall–Kier alpha value is -3.67. The van der Waals surface area contributed by atoms with Gasteiger partial charge in [-0.25, -0.2) is 14.2 Å². The lowest BCUT2D eigenvalue weighted by Crippen LogP contribution is -2.34. The summed E-state index contributed by atoms with van der Waals surface area (Å²) in [6.45, 7) is 9.10. The molecule has 3 aromatic carbocycles. The molecule has 0 amide bonds. The third-order valence-corrected chi connectivity index (χ3v) is 7.65. The number of carboxylic acid groups (broad SMARTS) is 1. The van der Waals surface area contributed by atoms with Crippen LogP contribution in [0.1, 0.15) is 73.1 Å². The standard InChI is InChI=1S/C29H30FN3O2/c1-28(2)10-11-29(3,4)21-15-25-19(14-20(21)28)26(16-6-8-18(27(34)35)22(30)12-16)32-23-13-17(31)7-9-24(23)33(25)5/h6-9,12-15H,10-11,31H2,1-5H3,(H,34,35). The first-order chi connectivity index (χ1) is 16.4. The number of halogens is 1. The zero-order chi connectivity index (χ0) is 25.3. The van der Waals surface area contributed by atoms with E-state index in [2.05, 4.69) is 44.7 Å². The first-order valence-corrected chi connectivity index (χ1v) is 11.8. The number of nitrogens with two attached hydrogens (primary N) is 1. The maximum absolute atomic E-state index is 14.8. The Morgan fingerprint density at radius 2 is 1.63 bits per heavy atom. The summed E-state index contributed by atoms with van der Waals surface area (Å²) in [6, 6.07) is 14.3. The van der Waals surface area contributed by atoms with Gasteiger partial charge in [0.2, 0.25) is 0 Å². The van der Waals surface area contributed by atoms with Crippen LogP contribution in [0.4, 0.5) is 27.1 Å². The van der Waals surface area contributed by atoms with E-state index >= 15 is 0 Å². The van der Waals surface area contributed by atoms with Crippen LogP contribution >= 0.6 is 0 Å². The van der Waals surface area contributed by atoms with Crippen molar-refractivity contribution in [3.63, 3.8) is 0 Å². The molecule has 0 atom stereocenters. The van der Waals surface area contributed by atoms with Crippen LogP contribution in [-0.4, -0.2) is 23.8 Å². The van der Waals surface area contributed by atoms with Crippen molar-refractivity contribution in [2.24, 2.45) is 4.99 Å². The molecule has 3 aromatic rings. The zero-order valence-electron chi connectivity index (χ0n) is 20.7. The molecule has 1 heterocycles. The highest BCUT2D eigenvalue weighted by atomic mass is 19.1. The molecule has 0 radical (unpaired) electrons. The molecule has 5 nitrogen and oxygen atoms in total. The molecule has 0 saturated carbocycles. The predicted octanol–water partition coefficient (Wildman–Crippen LogP) is 6.71. The number of anilines is 3. The first kappa shape index (κ1) is 23.1. The molecular weight excluding hydrogens is 441 g/mol. The zero-order valence-corrected chi connectivity index (χ0v) is 20.7. The van der Waals surface area contributed by atoms with Gasteiger partial charge in [0.15, 0.2) is 0 Å². The fourth-order valence-corrected chi connectivity index (χ4v) is 5.35. The van der Waals surface area contributed by atoms with E-state index in [1.54, 1.807) is 6.07 Å². The van der Waals surface area contributed by atoms with Crippen molar-refractivity contribution >= 4 is 34.4 Å². The second-order valence-electron chi connectivity index (χ2n) is 11.0. The third-order valence-electron chi connectivity index (χ3n) is 7.65. The van der Waals surface area contributed by atoms with Crippen LogP contribution in [0.15, 0.2) is 53.5 Å². The molecule has 0 spiro atoms. The van der Waals surface area contributed by atoms with E-state index in [1.807, 2.05) is 25.2 Å². The Bertz CT molecular complexity index is 1420. The fourth-order valence-electron chi connectivity index (χ4n) is 5.35. The Balaban J connectivity index is 1.84. The molecule has 0 fully saturated rings. The molecule has 1 aliphatic heterocycles. The van der Waals surface area contributed by atoms with E-state index < -0.39 is 11.8 Å². The average molecular weight is 472 g/mol. The number of benzene rings is 3. The Labute approximate surface area is 205 Å². The van der Waals surface area contributed by atoms with Crippen LogP contribution in [0, 0.1) is 5.82 Å². The van der Waals surface area contributed by atoms with Crippen LogP contribution < -0.4 is 10.6 Å². The summed E-state index contributed by atoms with van der Waals surface area (Å²) in [5, 5.41) is 9.31. The van der Waals surface area contributed by atoms with Gasteiger partial charge in [-0.2, -0.15) is 0 Å². The van der Waals surface area contributed by atoms with Crippen molar-refractivity contribution in [1.82, 2.24) is 0 Å². The molecule has 1 aliphatic carbocycles. The summed E-state index contributed by atoms with van der Waals surface area (Å²) in [6.07, 6.45) is 2.15. The summed E-state index contributed by atoms with van der Waals surface area (Å²) >= 11 is 0. The van der Waals surface area contributed by atoms with Crippen LogP contribution in [0.3, 0.4) is 0 Å². The lowest BCUT2D eigenvalue weighted by Gasteiger charge is -2.43. The number of rotatable bonds is 2. The molecule has 180 valence electrons. The topological polar surface area (TPSA) is 78.9 Å². The molecule has 3 N–H and O–H groups in total. The van der Waals surface area contributed by atoms with Gasteiger partial charge in [-0.1, -0.05) is 33.8 Å². The molecule has 0 aromatic heterocycles. The van der Waals surface area contributed by atoms with E-state index in [0.717, 1.165) is 29.8 Å². The minimum Gasteiger partial charge on any atom is -0.478 e. The number of aromatic carboxylic acids is 1. The fraction of sp³-hybridized carbons (Fsp3) is 0.310. The van der Waals surface area contributed by atoms with Gasteiger partial charge in [-0.05, 0) is 77.3 Å². The van der Waals surface area contributed by atoms with Crippen molar-refractivity contribution in [3.05, 3.63) is 82.2 Å². The van der Waals surface area contributed by atoms with E-state index in [1.165, 1.54) is 23.3 Å². The number of nitrogens with zero attached hydrogens (tertiary/aromatic N) is 2. The summed E-state index contributed by atoms with van der Waals surface area (Å²) in [5.41, 5.74) is 13.4. The second kappa shape index (κ2) is 7.67. The predicted molar refractivity (Wildman–Crippen MR) is 139 cm³/mol. The number of carbonyl (C=O) groups is 1. The van der Waals surface area contributed by atoms with Crippen molar-refractivity contribution in [2.75, 3.05) is 17.7 Å². The van der Waals surface area contributed by atoms with Gasteiger partial charge in [0, 0.05) is 23.9 Å². The van der Waals surface area contributed by atoms with Crippen LogP contribution in [0.2, 0.25) is 0 Å². The minimum absolute atomic E-state index is 0.0174. The monoisotopic (exact) mass is 471 g/mol. The molecule has 2 aliphatic rings. The number of nitrogen functional groups attached to an aromatic ring is 1. The highest BCUT2D eigenvalue weighted by Gasteiger charge is 2.39. The number of aliphatic imine (C=N–C) groups is 1. The summed E-state index contributed by atoms with van der Waals surface area (Å²) in [5.74, 6) is -2.09.